The molecule has 0 saturated heterocycles. The minimum atomic E-state index is 0.461. The van der Waals surface area contributed by atoms with Crippen LogP contribution in [0.1, 0.15) is 25.3 Å². The predicted molar refractivity (Wildman–Crippen MR) is 63.7 cm³/mol. The summed E-state index contributed by atoms with van der Waals surface area (Å²) in [6.45, 7) is 4.56. The number of nitrogens with zero attached hydrogens (tertiary/aromatic N) is 2. The molecule has 1 aromatic rings. The van der Waals surface area contributed by atoms with Gasteiger partial charge in [0, 0.05) is 6.04 Å². The van der Waals surface area contributed by atoms with Gasteiger partial charge in [0.1, 0.15) is 12.1 Å². The first-order valence-corrected chi connectivity index (χ1v) is 5.67. The van der Waals surface area contributed by atoms with Crippen molar-refractivity contribution in [1.82, 2.24) is 9.97 Å². The summed E-state index contributed by atoms with van der Waals surface area (Å²) in [6, 6.07) is 0.461. The normalized spacial score (nSPS) is 15.4. The number of hydrogen-bond donors (Lipinski definition) is 1. The fourth-order valence-corrected chi connectivity index (χ4v) is 1.79. The lowest BCUT2D eigenvalue weighted by atomic mass is 10.2. The summed E-state index contributed by atoms with van der Waals surface area (Å²) in [5.74, 6) is 1.55. The third-order valence-corrected chi connectivity index (χ3v) is 2.67. The van der Waals surface area contributed by atoms with E-state index in [0.29, 0.717) is 18.5 Å². The van der Waals surface area contributed by atoms with Gasteiger partial charge < -0.3 is 10.1 Å². The second-order valence-corrected chi connectivity index (χ2v) is 3.87. The number of hydrogen-bond acceptors (Lipinski definition) is 4. The van der Waals surface area contributed by atoms with Gasteiger partial charge in [-0.2, -0.15) is 0 Å². The molecular weight excluding hydrogens is 202 g/mol. The molecule has 86 valence electrons. The first-order chi connectivity index (χ1) is 7.81. The topological polar surface area (TPSA) is 47.0 Å². The Balaban J connectivity index is 2.10. The molecule has 4 nitrogen and oxygen atoms in total. The molecule has 1 aromatic heterocycles. The van der Waals surface area contributed by atoms with Crippen LogP contribution in [0.4, 0.5) is 5.82 Å². The van der Waals surface area contributed by atoms with E-state index in [1.807, 2.05) is 13.8 Å². The Bertz CT molecular complexity index is 382. The number of rotatable bonds is 4. The lowest BCUT2D eigenvalue weighted by Gasteiger charge is -2.15. The molecule has 0 amide bonds. The summed E-state index contributed by atoms with van der Waals surface area (Å²) >= 11 is 0. The molecule has 16 heavy (non-hydrogen) atoms. The average molecular weight is 219 g/mol. The highest BCUT2D eigenvalue weighted by Crippen LogP contribution is 2.23. The molecule has 1 heterocycles. The SMILES string of the molecule is CCOc1ncnc(NC2CC=CC2)c1C. The average Bonchev–Trinajstić information content (AvgIpc) is 2.77. The van der Waals surface area contributed by atoms with E-state index >= 15 is 0 Å². The molecule has 0 atom stereocenters. The van der Waals surface area contributed by atoms with Crippen molar-refractivity contribution in [2.24, 2.45) is 0 Å². The van der Waals surface area contributed by atoms with Gasteiger partial charge in [-0.15, -0.1) is 0 Å². The second-order valence-electron chi connectivity index (χ2n) is 3.87. The zero-order chi connectivity index (χ0) is 11.4. The number of aromatic nitrogens is 2. The Hall–Kier alpha value is -1.58. The molecule has 0 unspecified atom stereocenters. The minimum absolute atomic E-state index is 0.461. The van der Waals surface area contributed by atoms with Gasteiger partial charge in [-0.25, -0.2) is 9.97 Å². The number of anilines is 1. The van der Waals surface area contributed by atoms with E-state index in [9.17, 15) is 0 Å². The summed E-state index contributed by atoms with van der Waals surface area (Å²) in [6.07, 6.45) is 8.05. The molecule has 2 rings (SSSR count). The van der Waals surface area contributed by atoms with E-state index < -0.39 is 0 Å². The smallest absolute Gasteiger partial charge is 0.221 e. The van der Waals surface area contributed by atoms with Crippen LogP contribution in [0.25, 0.3) is 0 Å². The summed E-state index contributed by atoms with van der Waals surface area (Å²) in [7, 11) is 0. The van der Waals surface area contributed by atoms with Crippen molar-refractivity contribution < 1.29 is 4.74 Å². The van der Waals surface area contributed by atoms with Crippen LogP contribution in [-0.4, -0.2) is 22.6 Å². The quantitative estimate of drug-likeness (QED) is 0.789. The van der Waals surface area contributed by atoms with E-state index in [-0.39, 0.29) is 0 Å². The maximum atomic E-state index is 5.44. The molecule has 0 aromatic carbocycles. The van der Waals surface area contributed by atoms with Gasteiger partial charge in [-0.1, -0.05) is 12.2 Å². The number of nitrogens with one attached hydrogen (secondary N) is 1. The lowest BCUT2D eigenvalue weighted by molar-refractivity contribution is 0.324. The summed E-state index contributed by atoms with van der Waals surface area (Å²) in [5.41, 5.74) is 0.983. The largest absolute Gasteiger partial charge is 0.478 e. The van der Waals surface area contributed by atoms with Gasteiger partial charge in [0.15, 0.2) is 0 Å². The molecule has 1 aliphatic carbocycles. The second kappa shape index (κ2) is 4.96. The predicted octanol–water partition coefficient (Wildman–Crippen LogP) is 2.31. The highest BCUT2D eigenvalue weighted by molar-refractivity contribution is 5.48. The van der Waals surface area contributed by atoms with Gasteiger partial charge >= 0.3 is 0 Å². The van der Waals surface area contributed by atoms with Crippen LogP contribution in [-0.2, 0) is 0 Å². The monoisotopic (exact) mass is 219 g/mol. The first kappa shape index (κ1) is 10.9. The van der Waals surface area contributed by atoms with Crippen molar-refractivity contribution in [1.29, 1.82) is 0 Å². The lowest BCUT2D eigenvalue weighted by Crippen LogP contribution is -2.17. The van der Waals surface area contributed by atoms with Crippen LogP contribution < -0.4 is 10.1 Å². The molecule has 0 radical (unpaired) electrons. The minimum Gasteiger partial charge on any atom is -0.478 e. The van der Waals surface area contributed by atoms with Crippen LogP contribution in [0.5, 0.6) is 5.88 Å². The fourth-order valence-electron chi connectivity index (χ4n) is 1.79. The van der Waals surface area contributed by atoms with Gasteiger partial charge in [0.25, 0.3) is 0 Å². The molecule has 0 fully saturated rings. The molecule has 0 aliphatic heterocycles. The third-order valence-electron chi connectivity index (χ3n) is 2.67. The van der Waals surface area contributed by atoms with Crippen LogP contribution >= 0.6 is 0 Å². The van der Waals surface area contributed by atoms with Gasteiger partial charge in [0.2, 0.25) is 5.88 Å². The Morgan fingerprint density at radius 1 is 1.38 bits per heavy atom. The van der Waals surface area contributed by atoms with E-state index in [2.05, 4.69) is 27.4 Å². The van der Waals surface area contributed by atoms with Crippen molar-refractivity contribution in [2.45, 2.75) is 32.7 Å². The Labute approximate surface area is 95.8 Å². The molecule has 1 N–H and O–H groups in total. The summed E-state index contributed by atoms with van der Waals surface area (Å²) in [4.78, 5) is 8.37. The molecular formula is C12H17N3O. The van der Waals surface area contributed by atoms with Gasteiger partial charge in [0.05, 0.1) is 12.2 Å². The molecule has 1 aliphatic rings. The standard InChI is InChI=1S/C12H17N3O/c1-3-16-12-9(2)11(13-8-14-12)15-10-6-4-5-7-10/h4-5,8,10H,3,6-7H2,1-2H3,(H,13,14,15). The van der Waals surface area contributed by atoms with Crippen molar-refractivity contribution in [2.75, 3.05) is 11.9 Å². The van der Waals surface area contributed by atoms with E-state index in [0.717, 1.165) is 24.2 Å². The zero-order valence-corrected chi connectivity index (χ0v) is 9.73. The highest BCUT2D eigenvalue weighted by Gasteiger charge is 2.13. The molecule has 4 heteroatoms. The van der Waals surface area contributed by atoms with Crippen LogP contribution in [0.2, 0.25) is 0 Å². The van der Waals surface area contributed by atoms with Crippen LogP contribution in [0.15, 0.2) is 18.5 Å². The van der Waals surface area contributed by atoms with Crippen molar-refractivity contribution in [3.8, 4) is 5.88 Å². The summed E-state index contributed by atoms with van der Waals surface area (Å²) in [5, 5.41) is 3.41. The molecule has 0 bridgehead atoms. The Kier molecular flexibility index (Phi) is 3.39. The Morgan fingerprint density at radius 3 is 2.81 bits per heavy atom. The maximum Gasteiger partial charge on any atom is 0.221 e. The first-order valence-electron chi connectivity index (χ1n) is 5.67. The van der Waals surface area contributed by atoms with Crippen molar-refractivity contribution in [3.63, 3.8) is 0 Å². The van der Waals surface area contributed by atoms with Crippen molar-refractivity contribution in [3.05, 3.63) is 24.0 Å². The van der Waals surface area contributed by atoms with E-state index in [4.69, 9.17) is 4.74 Å². The van der Waals surface area contributed by atoms with Crippen LogP contribution in [0, 0.1) is 6.92 Å². The maximum absolute atomic E-state index is 5.44. The third kappa shape index (κ3) is 2.32. The van der Waals surface area contributed by atoms with E-state index in [1.165, 1.54) is 0 Å². The summed E-state index contributed by atoms with van der Waals surface area (Å²) < 4.78 is 5.44. The Morgan fingerprint density at radius 2 is 2.12 bits per heavy atom. The van der Waals surface area contributed by atoms with E-state index in [1.54, 1.807) is 6.33 Å². The highest BCUT2D eigenvalue weighted by atomic mass is 16.5. The van der Waals surface area contributed by atoms with Crippen LogP contribution in [0.3, 0.4) is 0 Å². The van der Waals surface area contributed by atoms with Gasteiger partial charge in [-0.3, -0.25) is 0 Å². The van der Waals surface area contributed by atoms with Crippen molar-refractivity contribution >= 4 is 5.82 Å². The van der Waals surface area contributed by atoms with Gasteiger partial charge in [-0.05, 0) is 26.7 Å². The number of ether oxygens (including phenoxy) is 1. The molecule has 0 saturated carbocycles. The fraction of sp³-hybridized carbons (Fsp3) is 0.500. The zero-order valence-electron chi connectivity index (χ0n) is 9.73. The molecule has 0 spiro atoms.